The number of hydrogen-bond acceptors (Lipinski definition) is 8. The van der Waals surface area contributed by atoms with E-state index in [-0.39, 0.29) is 11.8 Å². The van der Waals surface area contributed by atoms with Crippen molar-refractivity contribution in [2.45, 2.75) is 110 Å². The molecular formula is C28H46BN5O5. The van der Waals surface area contributed by atoms with Gasteiger partial charge in [0.05, 0.1) is 11.2 Å². The molecule has 3 fully saturated rings. The molecule has 11 heteroatoms. The van der Waals surface area contributed by atoms with Crippen molar-refractivity contribution in [1.82, 2.24) is 20.2 Å². The second kappa shape index (κ2) is 10.9. The summed E-state index contributed by atoms with van der Waals surface area (Å²) in [5.74, 6) is 0.895. The van der Waals surface area contributed by atoms with Crippen LogP contribution in [0.2, 0.25) is 0 Å². The van der Waals surface area contributed by atoms with Crippen molar-refractivity contribution in [2.75, 3.05) is 24.5 Å². The predicted octanol–water partition coefficient (Wildman–Crippen LogP) is 3.14. The maximum absolute atomic E-state index is 13.4. The van der Waals surface area contributed by atoms with E-state index in [1.165, 1.54) is 0 Å². The van der Waals surface area contributed by atoms with Gasteiger partial charge in [-0.3, -0.25) is 4.79 Å². The van der Waals surface area contributed by atoms with Crippen LogP contribution in [0.25, 0.3) is 0 Å². The van der Waals surface area contributed by atoms with Crippen LogP contribution in [-0.2, 0) is 18.8 Å². The minimum atomic E-state index is -0.621. The number of aromatic nitrogens is 2. The number of nitrogens with zero attached hydrogens (tertiary/aromatic N) is 4. The summed E-state index contributed by atoms with van der Waals surface area (Å²) in [5, 5.41) is 2.79. The average molecular weight is 544 g/mol. The first-order valence-corrected chi connectivity index (χ1v) is 14.3. The molecule has 1 aromatic heterocycles. The van der Waals surface area contributed by atoms with Crippen molar-refractivity contribution < 1.29 is 23.6 Å². The molecule has 216 valence electrons. The maximum atomic E-state index is 13.4. The summed E-state index contributed by atoms with van der Waals surface area (Å²) in [6, 6.07) is -0.196. The molecule has 0 spiro atoms. The third-order valence-electron chi connectivity index (χ3n) is 8.09. The first-order chi connectivity index (χ1) is 18.1. The van der Waals surface area contributed by atoms with Crippen LogP contribution in [0, 0.1) is 11.8 Å². The van der Waals surface area contributed by atoms with E-state index in [1.807, 2.05) is 67.2 Å². The molecule has 3 aliphatic rings. The van der Waals surface area contributed by atoms with Gasteiger partial charge in [-0.25, -0.2) is 14.8 Å². The Balaban J connectivity index is 1.37. The summed E-state index contributed by atoms with van der Waals surface area (Å²) in [7, 11) is -0.490. The fourth-order valence-corrected chi connectivity index (χ4v) is 4.97. The molecule has 2 atom stereocenters. The van der Waals surface area contributed by atoms with Gasteiger partial charge in [0.15, 0.2) is 0 Å². The van der Waals surface area contributed by atoms with Crippen molar-refractivity contribution in [2.24, 2.45) is 11.8 Å². The van der Waals surface area contributed by atoms with E-state index in [1.54, 1.807) is 12.4 Å². The molecule has 1 aliphatic carbocycles. The summed E-state index contributed by atoms with van der Waals surface area (Å²) >= 11 is 0. The number of likely N-dealkylation sites (tertiary alicyclic amines) is 1. The van der Waals surface area contributed by atoms with E-state index in [4.69, 9.17) is 24.0 Å². The molecular weight excluding hydrogens is 497 g/mol. The Morgan fingerprint density at radius 1 is 1.13 bits per heavy atom. The molecule has 1 saturated carbocycles. The lowest BCUT2D eigenvalue weighted by Gasteiger charge is -2.32. The molecule has 3 heterocycles. The predicted molar refractivity (Wildman–Crippen MR) is 151 cm³/mol. The first-order valence-electron chi connectivity index (χ1n) is 14.3. The van der Waals surface area contributed by atoms with E-state index >= 15 is 0 Å². The number of anilines is 1. The second-order valence-electron chi connectivity index (χ2n) is 13.6. The Kier molecular flexibility index (Phi) is 8.25. The molecule has 0 bridgehead atoms. The summed E-state index contributed by atoms with van der Waals surface area (Å²) in [5.41, 5.74) is -0.647. The highest BCUT2D eigenvalue weighted by molar-refractivity contribution is 6.61. The van der Waals surface area contributed by atoms with Gasteiger partial charge in [0.2, 0.25) is 11.9 Å². The Morgan fingerprint density at radius 3 is 2.23 bits per heavy atom. The van der Waals surface area contributed by atoms with Crippen LogP contribution in [0.3, 0.4) is 0 Å². The number of amides is 2. The summed E-state index contributed by atoms with van der Waals surface area (Å²) in [4.78, 5) is 39.3. The lowest BCUT2D eigenvalue weighted by atomic mass is 9.81. The Hall–Kier alpha value is -2.40. The zero-order valence-electron chi connectivity index (χ0n) is 25.1. The summed E-state index contributed by atoms with van der Waals surface area (Å²) < 4.78 is 17.7. The zero-order chi connectivity index (χ0) is 28.8. The van der Waals surface area contributed by atoms with Gasteiger partial charge in [-0.1, -0.05) is 13.8 Å². The number of hydrogen-bond donors (Lipinski definition) is 1. The van der Waals surface area contributed by atoms with Crippen molar-refractivity contribution in [1.29, 1.82) is 0 Å². The first kappa shape index (κ1) is 29.6. The van der Waals surface area contributed by atoms with Crippen LogP contribution in [0.15, 0.2) is 12.4 Å². The molecule has 0 unspecified atom stereocenters. The molecule has 4 rings (SSSR count). The van der Waals surface area contributed by atoms with Crippen LogP contribution in [0.5, 0.6) is 0 Å². The van der Waals surface area contributed by atoms with E-state index < -0.39 is 36.1 Å². The monoisotopic (exact) mass is 543 g/mol. The number of carbonyl (C=O) groups is 2. The SMILES string of the molecule is CC(C)[C@@H](NC(=O)OC(C)(C)C)C(=O)N1CC[C@@H](CN(c2ncc(B3OC(C)(C)C(C)(C)O3)cn2)C2CC2)C1. The highest BCUT2D eigenvalue weighted by Gasteiger charge is 2.52. The molecule has 1 aromatic rings. The van der Waals surface area contributed by atoms with E-state index in [0.29, 0.717) is 31.0 Å². The third-order valence-corrected chi connectivity index (χ3v) is 8.09. The van der Waals surface area contributed by atoms with Gasteiger partial charge in [0.1, 0.15) is 11.6 Å². The molecule has 2 aliphatic heterocycles. The van der Waals surface area contributed by atoms with Crippen molar-refractivity contribution >= 4 is 30.5 Å². The molecule has 10 nitrogen and oxygen atoms in total. The standard InChI is InChI=1S/C28H46BN5O5/c1-18(2)22(32-25(36)37-26(3,4)5)23(35)33-13-12-19(16-33)17-34(21-10-11-21)24-30-14-20(15-31-24)29-38-27(6,7)28(8,9)39-29/h14-15,18-19,21-22H,10-13,16-17H2,1-9H3,(H,32,36)/t19-,22-/m1/s1. The molecule has 39 heavy (non-hydrogen) atoms. The van der Waals surface area contributed by atoms with Gasteiger partial charge in [0, 0.05) is 43.5 Å². The molecule has 0 radical (unpaired) electrons. The number of alkyl carbamates (subject to hydrolysis) is 1. The molecule has 1 N–H and O–H groups in total. The lowest BCUT2D eigenvalue weighted by Crippen LogP contribution is -2.51. The normalized spacial score (nSPS) is 23.2. The van der Waals surface area contributed by atoms with Gasteiger partial charge < -0.3 is 29.2 Å². The van der Waals surface area contributed by atoms with Crippen LogP contribution in [-0.4, -0.2) is 82.5 Å². The Labute approximate surface area is 233 Å². The van der Waals surface area contributed by atoms with Crippen molar-refractivity contribution in [3.8, 4) is 0 Å². The highest BCUT2D eigenvalue weighted by Crippen LogP contribution is 2.36. The van der Waals surface area contributed by atoms with Crippen molar-refractivity contribution in [3.05, 3.63) is 12.4 Å². The third kappa shape index (κ3) is 7.03. The van der Waals surface area contributed by atoms with Crippen molar-refractivity contribution in [3.63, 3.8) is 0 Å². The quantitative estimate of drug-likeness (QED) is 0.499. The number of nitrogens with one attached hydrogen (secondary N) is 1. The van der Waals surface area contributed by atoms with Gasteiger partial charge in [-0.15, -0.1) is 0 Å². The molecule has 2 saturated heterocycles. The van der Waals surface area contributed by atoms with Gasteiger partial charge in [0.25, 0.3) is 0 Å². The Bertz CT molecular complexity index is 1020. The van der Waals surface area contributed by atoms with E-state index in [2.05, 4.69) is 10.2 Å². The van der Waals surface area contributed by atoms with Crippen LogP contribution < -0.4 is 15.7 Å². The van der Waals surface area contributed by atoms with E-state index in [0.717, 1.165) is 31.3 Å². The van der Waals surface area contributed by atoms with Gasteiger partial charge in [-0.2, -0.15) is 0 Å². The topological polar surface area (TPSA) is 106 Å². The van der Waals surface area contributed by atoms with E-state index in [9.17, 15) is 9.59 Å². The fourth-order valence-electron chi connectivity index (χ4n) is 4.97. The number of ether oxygens (including phenoxy) is 1. The fraction of sp³-hybridized carbons (Fsp3) is 0.786. The van der Waals surface area contributed by atoms with Gasteiger partial charge >= 0.3 is 13.2 Å². The average Bonchev–Trinajstić information content (AvgIpc) is 3.50. The zero-order valence-corrected chi connectivity index (χ0v) is 25.1. The minimum absolute atomic E-state index is 0.0528. The molecule has 0 aromatic carbocycles. The molecule has 2 amide bonds. The van der Waals surface area contributed by atoms with Crippen LogP contribution in [0.4, 0.5) is 10.7 Å². The van der Waals surface area contributed by atoms with Crippen LogP contribution >= 0.6 is 0 Å². The van der Waals surface area contributed by atoms with Gasteiger partial charge in [-0.05, 0) is 79.6 Å². The smallest absolute Gasteiger partial charge is 0.444 e. The minimum Gasteiger partial charge on any atom is -0.444 e. The Morgan fingerprint density at radius 2 is 1.72 bits per heavy atom. The lowest BCUT2D eigenvalue weighted by molar-refractivity contribution is -0.133. The maximum Gasteiger partial charge on any atom is 0.498 e. The number of rotatable bonds is 8. The summed E-state index contributed by atoms with van der Waals surface area (Å²) in [6.07, 6.45) is 6.18. The van der Waals surface area contributed by atoms with Crippen LogP contribution in [0.1, 0.15) is 81.6 Å². The largest absolute Gasteiger partial charge is 0.498 e. The second-order valence-corrected chi connectivity index (χ2v) is 13.6. The highest BCUT2D eigenvalue weighted by atomic mass is 16.7. The summed E-state index contributed by atoms with van der Waals surface area (Å²) in [6.45, 7) is 19.5. The number of carbonyl (C=O) groups excluding carboxylic acids is 2.